The lowest BCUT2D eigenvalue weighted by Crippen LogP contribution is -2.05. The number of halogens is 2. The highest BCUT2D eigenvalue weighted by Crippen LogP contribution is 2.34. The van der Waals surface area contributed by atoms with Crippen LogP contribution in [0.15, 0.2) is 30.3 Å². The maximum absolute atomic E-state index is 13.2. The smallest absolute Gasteiger partial charge is 0.128 e. The van der Waals surface area contributed by atoms with Crippen LogP contribution in [0.2, 0.25) is 0 Å². The fraction of sp³-hybridized carbons (Fsp3) is 0.250. The Kier molecular flexibility index (Phi) is 4.04. The van der Waals surface area contributed by atoms with Crippen LogP contribution in [0.3, 0.4) is 0 Å². The summed E-state index contributed by atoms with van der Waals surface area (Å²) in [7, 11) is 1.50. The average molecular weight is 278 g/mol. The van der Waals surface area contributed by atoms with Gasteiger partial charge in [-0.25, -0.2) is 8.78 Å². The Labute approximate surface area is 116 Å². The van der Waals surface area contributed by atoms with Gasteiger partial charge in [-0.15, -0.1) is 0 Å². The molecular formula is C16H16F2O2. The van der Waals surface area contributed by atoms with Crippen LogP contribution in [0, 0.1) is 25.5 Å². The molecule has 2 aromatic carbocycles. The minimum atomic E-state index is -1.14. The summed E-state index contributed by atoms with van der Waals surface area (Å²) >= 11 is 0. The van der Waals surface area contributed by atoms with Gasteiger partial charge in [0.15, 0.2) is 0 Å². The molecule has 4 heteroatoms. The lowest BCUT2D eigenvalue weighted by molar-refractivity contribution is 0.213. The number of aliphatic hydroxyl groups is 1. The van der Waals surface area contributed by atoms with E-state index >= 15 is 0 Å². The molecule has 2 aromatic rings. The Morgan fingerprint density at radius 2 is 1.65 bits per heavy atom. The molecule has 1 unspecified atom stereocenters. The maximum atomic E-state index is 13.2. The minimum absolute atomic E-state index is 0.157. The normalized spacial score (nSPS) is 12.3. The quantitative estimate of drug-likeness (QED) is 0.928. The second kappa shape index (κ2) is 5.59. The largest absolute Gasteiger partial charge is 0.496 e. The Morgan fingerprint density at radius 3 is 2.20 bits per heavy atom. The second-order valence-electron chi connectivity index (χ2n) is 4.74. The highest BCUT2D eigenvalue weighted by atomic mass is 19.1. The predicted octanol–water partition coefficient (Wildman–Crippen LogP) is 3.67. The highest BCUT2D eigenvalue weighted by Gasteiger charge is 2.19. The molecule has 0 bridgehead atoms. The number of aliphatic hydroxyl groups excluding tert-OH is 1. The number of ether oxygens (including phenoxy) is 1. The van der Waals surface area contributed by atoms with E-state index in [0.29, 0.717) is 11.3 Å². The molecule has 1 atom stereocenters. The van der Waals surface area contributed by atoms with E-state index < -0.39 is 17.7 Å². The van der Waals surface area contributed by atoms with Crippen LogP contribution in [0.1, 0.15) is 28.4 Å². The molecular weight excluding hydrogens is 262 g/mol. The molecule has 1 N–H and O–H groups in total. The average Bonchev–Trinajstić information content (AvgIpc) is 2.39. The molecule has 20 heavy (non-hydrogen) atoms. The Hall–Kier alpha value is -1.94. The monoisotopic (exact) mass is 278 g/mol. The molecule has 2 rings (SSSR count). The summed E-state index contributed by atoms with van der Waals surface area (Å²) in [5.41, 5.74) is 2.55. The van der Waals surface area contributed by atoms with Gasteiger partial charge in [-0.05, 0) is 42.7 Å². The molecule has 0 aromatic heterocycles. The van der Waals surface area contributed by atoms with Crippen LogP contribution in [-0.2, 0) is 0 Å². The van der Waals surface area contributed by atoms with Crippen molar-refractivity contribution < 1.29 is 18.6 Å². The van der Waals surface area contributed by atoms with Crippen molar-refractivity contribution in [1.29, 1.82) is 0 Å². The summed E-state index contributed by atoms with van der Waals surface area (Å²) in [6.07, 6.45) is -1.14. The zero-order valence-electron chi connectivity index (χ0n) is 11.6. The van der Waals surface area contributed by atoms with E-state index in [1.165, 1.54) is 7.11 Å². The van der Waals surface area contributed by atoms with Crippen LogP contribution < -0.4 is 4.74 Å². The van der Waals surface area contributed by atoms with Gasteiger partial charge in [0, 0.05) is 11.6 Å². The third-order valence-corrected chi connectivity index (χ3v) is 3.41. The summed E-state index contributed by atoms with van der Waals surface area (Å²) in [6, 6.07) is 6.54. The molecule has 0 aliphatic heterocycles. The van der Waals surface area contributed by atoms with Gasteiger partial charge >= 0.3 is 0 Å². The standard InChI is InChI=1S/C16H16F2O2/c1-9-4-5-14(16(20-3)10(9)2)15(19)11-6-12(17)8-13(18)7-11/h4-8,15,19H,1-3H3. The third-order valence-electron chi connectivity index (χ3n) is 3.41. The van der Waals surface area contributed by atoms with Crippen molar-refractivity contribution in [2.45, 2.75) is 20.0 Å². The molecule has 0 saturated carbocycles. The molecule has 0 saturated heterocycles. The molecule has 0 spiro atoms. The summed E-state index contributed by atoms with van der Waals surface area (Å²) in [6.45, 7) is 3.80. The fourth-order valence-corrected chi connectivity index (χ4v) is 2.21. The topological polar surface area (TPSA) is 29.5 Å². The molecule has 2 nitrogen and oxygen atoms in total. The van der Waals surface area contributed by atoms with E-state index in [9.17, 15) is 13.9 Å². The molecule has 0 aliphatic rings. The SMILES string of the molecule is COc1c(C(O)c2cc(F)cc(F)c2)ccc(C)c1C. The van der Waals surface area contributed by atoms with Gasteiger partial charge in [0.1, 0.15) is 23.5 Å². The van der Waals surface area contributed by atoms with Crippen LogP contribution in [-0.4, -0.2) is 12.2 Å². The number of hydrogen-bond acceptors (Lipinski definition) is 2. The van der Waals surface area contributed by atoms with Crippen LogP contribution in [0.25, 0.3) is 0 Å². The molecule has 106 valence electrons. The summed E-state index contributed by atoms with van der Waals surface area (Å²) in [5, 5.41) is 10.4. The predicted molar refractivity (Wildman–Crippen MR) is 72.9 cm³/mol. The van der Waals surface area contributed by atoms with E-state index in [1.807, 2.05) is 19.9 Å². The lowest BCUT2D eigenvalue weighted by Gasteiger charge is -2.18. The molecule has 0 amide bonds. The summed E-state index contributed by atoms with van der Waals surface area (Å²) in [5.74, 6) is -0.911. The van der Waals surface area contributed by atoms with Crippen molar-refractivity contribution in [2.75, 3.05) is 7.11 Å². The van der Waals surface area contributed by atoms with E-state index in [0.717, 1.165) is 29.3 Å². The zero-order valence-corrected chi connectivity index (χ0v) is 11.6. The first-order valence-electron chi connectivity index (χ1n) is 6.22. The van der Waals surface area contributed by atoms with Gasteiger partial charge < -0.3 is 9.84 Å². The van der Waals surface area contributed by atoms with Crippen molar-refractivity contribution in [3.05, 3.63) is 64.2 Å². The van der Waals surface area contributed by atoms with E-state index in [-0.39, 0.29) is 5.56 Å². The Morgan fingerprint density at radius 1 is 1.05 bits per heavy atom. The number of hydrogen-bond donors (Lipinski definition) is 1. The first-order chi connectivity index (χ1) is 9.43. The molecule has 0 heterocycles. The van der Waals surface area contributed by atoms with E-state index in [4.69, 9.17) is 4.74 Å². The van der Waals surface area contributed by atoms with Gasteiger partial charge in [-0.1, -0.05) is 12.1 Å². The number of benzene rings is 2. The Balaban J connectivity index is 2.53. The summed E-state index contributed by atoms with van der Waals surface area (Å²) < 4.78 is 31.8. The van der Waals surface area contributed by atoms with Crippen LogP contribution in [0.5, 0.6) is 5.75 Å². The van der Waals surface area contributed by atoms with Gasteiger partial charge in [0.2, 0.25) is 0 Å². The molecule has 0 fully saturated rings. The number of aryl methyl sites for hydroxylation is 1. The van der Waals surface area contributed by atoms with Crippen molar-refractivity contribution >= 4 is 0 Å². The maximum Gasteiger partial charge on any atom is 0.128 e. The van der Waals surface area contributed by atoms with E-state index in [2.05, 4.69) is 0 Å². The van der Waals surface area contributed by atoms with Gasteiger partial charge in [-0.2, -0.15) is 0 Å². The fourth-order valence-electron chi connectivity index (χ4n) is 2.21. The first-order valence-corrected chi connectivity index (χ1v) is 6.22. The van der Waals surface area contributed by atoms with Crippen LogP contribution in [0.4, 0.5) is 8.78 Å². The molecule has 0 radical (unpaired) electrons. The Bertz CT molecular complexity index is 618. The van der Waals surface area contributed by atoms with Gasteiger partial charge in [0.05, 0.1) is 7.11 Å². The van der Waals surface area contributed by atoms with E-state index in [1.54, 1.807) is 6.07 Å². The van der Waals surface area contributed by atoms with Crippen molar-refractivity contribution in [3.63, 3.8) is 0 Å². The first kappa shape index (κ1) is 14.5. The second-order valence-corrected chi connectivity index (χ2v) is 4.74. The third kappa shape index (κ3) is 2.65. The van der Waals surface area contributed by atoms with Crippen molar-refractivity contribution in [3.8, 4) is 5.75 Å². The van der Waals surface area contributed by atoms with Gasteiger partial charge in [-0.3, -0.25) is 0 Å². The van der Waals surface area contributed by atoms with Crippen LogP contribution >= 0.6 is 0 Å². The number of methoxy groups -OCH3 is 1. The minimum Gasteiger partial charge on any atom is -0.496 e. The van der Waals surface area contributed by atoms with Crippen molar-refractivity contribution in [1.82, 2.24) is 0 Å². The lowest BCUT2D eigenvalue weighted by atomic mass is 9.96. The van der Waals surface area contributed by atoms with Crippen molar-refractivity contribution in [2.24, 2.45) is 0 Å². The highest BCUT2D eigenvalue weighted by molar-refractivity contribution is 5.48. The van der Waals surface area contributed by atoms with Gasteiger partial charge in [0.25, 0.3) is 0 Å². The number of rotatable bonds is 3. The summed E-state index contributed by atoms with van der Waals surface area (Å²) in [4.78, 5) is 0. The molecule has 0 aliphatic carbocycles. The zero-order chi connectivity index (χ0) is 14.9.